The van der Waals surface area contributed by atoms with Gasteiger partial charge in [-0.05, 0) is 43.3 Å². The normalized spacial score (nSPS) is 17.3. The lowest BCUT2D eigenvalue weighted by Gasteiger charge is -2.42. The molecule has 3 rings (SSSR count). The SMILES string of the molecule is COC(=O)c1cccnc1N1CCN(c2ccc(OC)cc2)C[C@H]1C. The molecule has 1 aliphatic rings. The molecule has 0 aliphatic carbocycles. The lowest BCUT2D eigenvalue weighted by molar-refractivity contribution is 0.0601. The third-order valence-corrected chi connectivity index (χ3v) is 4.53. The van der Waals surface area contributed by atoms with Gasteiger partial charge in [-0.2, -0.15) is 0 Å². The van der Waals surface area contributed by atoms with Crippen LogP contribution in [0.4, 0.5) is 11.5 Å². The lowest BCUT2D eigenvalue weighted by Crippen LogP contribution is -2.52. The van der Waals surface area contributed by atoms with Crippen LogP contribution in [-0.2, 0) is 4.74 Å². The minimum Gasteiger partial charge on any atom is -0.497 e. The molecule has 0 radical (unpaired) electrons. The van der Waals surface area contributed by atoms with Crippen molar-refractivity contribution >= 4 is 17.5 Å². The fourth-order valence-corrected chi connectivity index (χ4v) is 3.19. The summed E-state index contributed by atoms with van der Waals surface area (Å²) in [5.74, 6) is 1.19. The second-order valence-electron chi connectivity index (χ2n) is 6.05. The number of esters is 1. The van der Waals surface area contributed by atoms with Crippen molar-refractivity contribution in [1.82, 2.24) is 4.98 Å². The Morgan fingerprint density at radius 1 is 1.16 bits per heavy atom. The Morgan fingerprint density at radius 3 is 2.56 bits per heavy atom. The van der Waals surface area contributed by atoms with Crippen LogP contribution >= 0.6 is 0 Å². The highest BCUT2D eigenvalue weighted by Crippen LogP contribution is 2.26. The molecular weight excluding hydrogens is 318 g/mol. The molecule has 0 unspecified atom stereocenters. The van der Waals surface area contributed by atoms with Crippen LogP contribution in [0, 0.1) is 0 Å². The summed E-state index contributed by atoms with van der Waals surface area (Å²) in [6.45, 7) is 4.64. The Labute approximate surface area is 148 Å². The van der Waals surface area contributed by atoms with E-state index in [-0.39, 0.29) is 12.0 Å². The topological polar surface area (TPSA) is 54.9 Å². The number of pyridine rings is 1. The van der Waals surface area contributed by atoms with E-state index in [4.69, 9.17) is 9.47 Å². The van der Waals surface area contributed by atoms with Gasteiger partial charge in [-0.3, -0.25) is 0 Å². The molecule has 6 heteroatoms. The zero-order chi connectivity index (χ0) is 17.8. The summed E-state index contributed by atoms with van der Waals surface area (Å²) in [5.41, 5.74) is 1.68. The number of ether oxygens (including phenoxy) is 2. The number of nitrogens with zero attached hydrogens (tertiary/aromatic N) is 3. The van der Waals surface area contributed by atoms with Crippen molar-refractivity contribution in [3.8, 4) is 5.75 Å². The standard InChI is InChI=1S/C19H23N3O3/c1-14-13-21(15-6-8-16(24-2)9-7-15)11-12-22(14)18-17(19(23)25-3)5-4-10-20-18/h4-10,14H,11-13H2,1-3H3/t14-/m1/s1. The van der Waals surface area contributed by atoms with Crippen LogP contribution in [-0.4, -0.2) is 50.8 Å². The van der Waals surface area contributed by atoms with Crippen LogP contribution in [0.25, 0.3) is 0 Å². The zero-order valence-electron chi connectivity index (χ0n) is 14.8. The van der Waals surface area contributed by atoms with Crippen LogP contribution < -0.4 is 14.5 Å². The van der Waals surface area contributed by atoms with E-state index < -0.39 is 0 Å². The van der Waals surface area contributed by atoms with E-state index in [1.165, 1.54) is 12.8 Å². The molecule has 132 valence electrons. The molecular formula is C19H23N3O3. The summed E-state index contributed by atoms with van der Waals surface area (Å²) in [4.78, 5) is 21.0. The predicted molar refractivity (Wildman–Crippen MR) is 97.6 cm³/mol. The van der Waals surface area contributed by atoms with Gasteiger partial charge in [0.25, 0.3) is 0 Å². The maximum atomic E-state index is 12.0. The van der Waals surface area contributed by atoms with Gasteiger partial charge in [0.15, 0.2) is 0 Å². The molecule has 0 spiro atoms. The van der Waals surface area contributed by atoms with Crippen molar-refractivity contribution in [2.75, 3.05) is 43.7 Å². The van der Waals surface area contributed by atoms with Gasteiger partial charge in [-0.25, -0.2) is 9.78 Å². The van der Waals surface area contributed by atoms with Gasteiger partial charge in [-0.15, -0.1) is 0 Å². The fourth-order valence-electron chi connectivity index (χ4n) is 3.19. The van der Waals surface area contributed by atoms with Gasteiger partial charge in [0.05, 0.1) is 14.2 Å². The van der Waals surface area contributed by atoms with Gasteiger partial charge in [0, 0.05) is 37.6 Å². The third-order valence-electron chi connectivity index (χ3n) is 4.53. The smallest absolute Gasteiger partial charge is 0.341 e. The Hall–Kier alpha value is -2.76. The molecule has 1 aromatic carbocycles. The molecule has 6 nitrogen and oxygen atoms in total. The molecule has 0 saturated carbocycles. The quantitative estimate of drug-likeness (QED) is 0.797. The van der Waals surface area contributed by atoms with E-state index >= 15 is 0 Å². The zero-order valence-corrected chi connectivity index (χ0v) is 14.8. The van der Waals surface area contributed by atoms with Gasteiger partial charge < -0.3 is 19.3 Å². The Bertz CT molecular complexity index is 733. The fraction of sp³-hybridized carbons (Fsp3) is 0.368. The highest BCUT2D eigenvalue weighted by Gasteiger charge is 2.28. The van der Waals surface area contributed by atoms with Crippen LogP contribution in [0.3, 0.4) is 0 Å². The number of hydrogen-bond donors (Lipinski definition) is 0. The first kappa shape index (κ1) is 17.1. The maximum Gasteiger partial charge on any atom is 0.341 e. The van der Waals surface area contributed by atoms with Crippen molar-refractivity contribution in [3.63, 3.8) is 0 Å². The van der Waals surface area contributed by atoms with E-state index in [9.17, 15) is 4.79 Å². The first-order valence-corrected chi connectivity index (χ1v) is 8.33. The minimum atomic E-state index is -0.354. The maximum absolute atomic E-state index is 12.0. The van der Waals surface area contributed by atoms with Crippen molar-refractivity contribution in [3.05, 3.63) is 48.2 Å². The first-order chi connectivity index (χ1) is 12.1. The molecule has 2 aromatic rings. The van der Waals surface area contributed by atoms with Crippen LogP contribution in [0.5, 0.6) is 5.75 Å². The van der Waals surface area contributed by atoms with Crippen molar-refractivity contribution in [2.24, 2.45) is 0 Å². The molecule has 1 atom stereocenters. The summed E-state index contributed by atoms with van der Waals surface area (Å²) >= 11 is 0. The Kier molecular flexibility index (Phi) is 5.07. The molecule has 1 fully saturated rings. The van der Waals surface area contributed by atoms with Crippen LogP contribution in [0.1, 0.15) is 17.3 Å². The van der Waals surface area contributed by atoms with E-state index in [2.05, 4.69) is 33.8 Å². The number of piperazine rings is 1. The predicted octanol–water partition coefficient (Wildman–Crippen LogP) is 2.59. The number of carbonyl (C=O) groups is 1. The van der Waals surface area contributed by atoms with Crippen LogP contribution in [0.2, 0.25) is 0 Å². The molecule has 0 amide bonds. The Balaban J connectivity index is 1.77. The van der Waals surface area contributed by atoms with Crippen molar-refractivity contribution in [2.45, 2.75) is 13.0 Å². The van der Waals surface area contributed by atoms with Crippen molar-refractivity contribution in [1.29, 1.82) is 0 Å². The number of carbonyl (C=O) groups excluding carboxylic acids is 1. The lowest BCUT2D eigenvalue weighted by atomic mass is 10.1. The summed E-state index contributed by atoms with van der Waals surface area (Å²) in [6.07, 6.45) is 1.71. The van der Waals surface area contributed by atoms with Crippen LogP contribution in [0.15, 0.2) is 42.6 Å². The summed E-state index contributed by atoms with van der Waals surface area (Å²) in [7, 11) is 3.06. The van der Waals surface area contributed by atoms with Gasteiger partial charge >= 0.3 is 5.97 Å². The largest absolute Gasteiger partial charge is 0.497 e. The first-order valence-electron chi connectivity index (χ1n) is 8.33. The molecule has 1 aliphatic heterocycles. The van der Waals surface area contributed by atoms with E-state index in [0.29, 0.717) is 11.4 Å². The average molecular weight is 341 g/mol. The second kappa shape index (κ2) is 7.42. The van der Waals surface area contributed by atoms with Crippen molar-refractivity contribution < 1.29 is 14.3 Å². The number of methoxy groups -OCH3 is 2. The third kappa shape index (κ3) is 3.52. The number of aromatic nitrogens is 1. The summed E-state index contributed by atoms with van der Waals surface area (Å²) < 4.78 is 10.1. The molecule has 1 saturated heterocycles. The molecule has 25 heavy (non-hydrogen) atoms. The number of hydrogen-bond acceptors (Lipinski definition) is 6. The molecule has 0 N–H and O–H groups in total. The molecule has 0 bridgehead atoms. The van der Waals surface area contributed by atoms with E-state index in [1.54, 1.807) is 25.4 Å². The summed E-state index contributed by atoms with van der Waals surface area (Å²) in [5, 5.41) is 0. The number of anilines is 2. The van der Waals surface area contributed by atoms with Gasteiger partial charge in [-0.1, -0.05) is 0 Å². The average Bonchev–Trinajstić information content (AvgIpc) is 2.67. The molecule has 2 heterocycles. The highest BCUT2D eigenvalue weighted by atomic mass is 16.5. The Morgan fingerprint density at radius 2 is 1.92 bits per heavy atom. The van der Waals surface area contributed by atoms with E-state index in [0.717, 1.165) is 25.4 Å². The highest BCUT2D eigenvalue weighted by molar-refractivity contribution is 5.94. The molecule has 1 aromatic heterocycles. The number of rotatable bonds is 4. The van der Waals surface area contributed by atoms with Gasteiger partial charge in [0.1, 0.15) is 17.1 Å². The minimum absolute atomic E-state index is 0.217. The summed E-state index contributed by atoms with van der Waals surface area (Å²) in [6, 6.07) is 11.8. The second-order valence-corrected chi connectivity index (χ2v) is 6.05. The number of benzene rings is 1. The van der Waals surface area contributed by atoms with E-state index in [1.807, 2.05) is 12.1 Å². The monoisotopic (exact) mass is 341 g/mol. The van der Waals surface area contributed by atoms with Gasteiger partial charge in [0.2, 0.25) is 0 Å².